The smallest absolute Gasteiger partial charge is 0.151 e. The summed E-state index contributed by atoms with van der Waals surface area (Å²) >= 11 is 5.56. The minimum absolute atomic E-state index is 0.366. The summed E-state index contributed by atoms with van der Waals surface area (Å²) in [7, 11) is 0. The van der Waals surface area contributed by atoms with E-state index in [0.29, 0.717) is 11.1 Å². The van der Waals surface area contributed by atoms with Crippen molar-refractivity contribution in [1.29, 1.82) is 0 Å². The van der Waals surface area contributed by atoms with E-state index >= 15 is 0 Å². The fraction of sp³-hybridized carbons (Fsp3) is 0.375. The van der Waals surface area contributed by atoms with Crippen molar-refractivity contribution in [3.63, 3.8) is 0 Å². The van der Waals surface area contributed by atoms with Gasteiger partial charge in [0.2, 0.25) is 0 Å². The van der Waals surface area contributed by atoms with Crippen LogP contribution < -0.4 is 0 Å². The molecule has 1 aromatic rings. The van der Waals surface area contributed by atoms with Gasteiger partial charge < -0.3 is 0 Å². The fourth-order valence-electron chi connectivity index (χ4n) is 0.810. The summed E-state index contributed by atoms with van der Waals surface area (Å²) in [6.07, 6.45) is 0.851. The van der Waals surface area contributed by atoms with Crippen molar-refractivity contribution in [3.05, 3.63) is 29.9 Å². The van der Waals surface area contributed by atoms with Crippen molar-refractivity contribution in [1.82, 2.24) is 10.2 Å². The first-order chi connectivity index (χ1) is 5.18. The van der Waals surface area contributed by atoms with E-state index in [4.69, 9.17) is 11.6 Å². The Bertz CT molecular complexity index is 218. The molecule has 1 rings (SSSR count). The van der Waals surface area contributed by atoms with Gasteiger partial charge in [-0.3, -0.25) is 0 Å². The molecule has 0 fully saturated rings. The molecule has 1 radical (unpaired) electrons. The fourth-order valence-corrected chi connectivity index (χ4v) is 0.910. The van der Waals surface area contributed by atoms with Crippen molar-refractivity contribution in [2.75, 3.05) is 0 Å². The second kappa shape index (κ2) is 3.67. The molecule has 0 saturated carbocycles. The zero-order valence-corrected chi connectivity index (χ0v) is 7.17. The zero-order chi connectivity index (χ0) is 8.27. The summed E-state index contributed by atoms with van der Waals surface area (Å²) in [4.78, 5) is 0. The molecule has 0 saturated heterocycles. The van der Waals surface area contributed by atoms with Crippen LogP contribution in [0.25, 0.3) is 0 Å². The second-order valence-corrected chi connectivity index (χ2v) is 3.04. The molecule has 0 aliphatic carbocycles. The Labute approximate surface area is 71.6 Å². The van der Waals surface area contributed by atoms with Gasteiger partial charge in [-0.2, -0.15) is 5.10 Å². The van der Waals surface area contributed by atoms with Gasteiger partial charge in [-0.05, 0) is 24.5 Å². The first kappa shape index (κ1) is 8.47. The summed E-state index contributed by atoms with van der Waals surface area (Å²) in [6, 6.07) is 3.61. The Balaban J connectivity index is 2.66. The maximum absolute atomic E-state index is 5.56. The van der Waals surface area contributed by atoms with Crippen molar-refractivity contribution in [3.8, 4) is 0 Å². The molecule has 0 amide bonds. The third kappa shape index (κ3) is 2.85. The van der Waals surface area contributed by atoms with Crippen molar-refractivity contribution in [2.24, 2.45) is 5.92 Å². The lowest BCUT2D eigenvalue weighted by Crippen LogP contribution is -1.98. The molecule has 1 unspecified atom stereocenters. The largest absolute Gasteiger partial charge is 0.154 e. The molecule has 0 spiro atoms. The summed E-state index contributed by atoms with van der Waals surface area (Å²) in [5.74, 6) is 0.366. The Kier molecular flexibility index (Phi) is 2.83. The molecule has 11 heavy (non-hydrogen) atoms. The van der Waals surface area contributed by atoms with Crippen LogP contribution in [-0.2, 0) is 6.42 Å². The first-order valence-corrected chi connectivity index (χ1v) is 3.87. The van der Waals surface area contributed by atoms with Crippen molar-refractivity contribution >= 4 is 11.6 Å². The Morgan fingerprint density at radius 3 is 2.73 bits per heavy atom. The lowest BCUT2D eigenvalue weighted by atomic mass is 10.1. The van der Waals surface area contributed by atoms with E-state index in [-0.39, 0.29) is 0 Å². The number of rotatable bonds is 2. The number of hydrogen-bond donors (Lipinski definition) is 0. The van der Waals surface area contributed by atoms with Gasteiger partial charge in [-0.25, -0.2) is 0 Å². The molecule has 0 aliphatic heterocycles. The molecule has 3 heteroatoms. The lowest BCUT2D eigenvalue weighted by molar-refractivity contribution is 0.691. The minimum atomic E-state index is 0.366. The Morgan fingerprint density at radius 1 is 1.55 bits per heavy atom. The van der Waals surface area contributed by atoms with E-state index in [2.05, 4.69) is 17.1 Å². The summed E-state index contributed by atoms with van der Waals surface area (Å²) < 4.78 is 0. The summed E-state index contributed by atoms with van der Waals surface area (Å²) in [5, 5.41) is 8.05. The van der Waals surface area contributed by atoms with Crippen LogP contribution in [0.2, 0.25) is 5.15 Å². The summed E-state index contributed by atoms with van der Waals surface area (Å²) in [6.45, 7) is 5.89. The highest BCUT2D eigenvalue weighted by molar-refractivity contribution is 6.29. The third-order valence-corrected chi connectivity index (χ3v) is 1.45. The molecule has 0 aromatic carbocycles. The highest BCUT2D eigenvalue weighted by Gasteiger charge is 1.98. The second-order valence-electron chi connectivity index (χ2n) is 2.66. The predicted octanol–water partition coefficient (Wildman–Crippen LogP) is 2.14. The zero-order valence-electron chi connectivity index (χ0n) is 6.42. The monoisotopic (exact) mass is 169 g/mol. The van der Waals surface area contributed by atoms with Gasteiger partial charge in [0.25, 0.3) is 0 Å². The van der Waals surface area contributed by atoms with Crippen LogP contribution in [0.3, 0.4) is 0 Å². The maximum Gasteiger partial charge on any atom is 0.151 e. The third-order valence-electron chi connectivity index (χ3n) is 1.24. The van der Waals surface area contributed by atoms with E-state index in [1.807, 2.05) is 13.0 Å². The van der Waals surface area contributed by atoms with Gasteiger partial charge in [-0.15, -0.1) is 5.10 Å². The van der Waals surface area contributed by atoms with Crippen LogP contribution in [0.4, 0.5) is 0 Å². The molecule has 1 aromatic heterocycles. The van der Waals surface area contributed by atoms with Crippen LogP contribution in [0, 0.1) is 12.8 Å². The van der Waals surface area contributed by atoms with Gasteiger partial charge in [0.15, 0.2) is 5.15 Å². The van der Waals surface area contributed by atoms with Crippen LogP contribution in [0.15, 0.2) is 12.1 Å². The molecule has 2 nitrogen and oxygen atoms in total. The van der Waals surface area contributed by atoms with E-state index < -0.39 is 0 Å². The van der Waals surface area contributed by atoms with Gasteiger partial charge in [0, 0.05) is 0 Å². The van der Waals surface area contributed by atoms with Gasteiger partial charge in [0.05, 0.1) is 5.69 Å². The number of aromatic nitrogens is 2. The Morgan fingerprint density at radius 2 is 2.27 bits per heavy atom. The van der Waals surface area contributed by atoms with Gasteiger partial charge in [-0.1, -0.05) is 25.4 Å². The molecule has 0 aliphatic rings. The maximum atomic E-state index is 5.56. The highest BCUT2D eigenvalue weighted by atomic mass is 35.5. The quantitative estimate of drug-likeness (QED) is 0.678. The molecule has 1 atom stereocenters. The molecular formula is C8H10ClN2. The van der Waals surface area contributed by atoms with Crippen LogP contribution in [0.5, 0.6) is 0 Å². The van der Waals surface area contributed by atoms with E-state index in [9.17, 15) is 0 Å². The minimum Gasteiger partial charge on any atom is -0.154 e. The summed E-state index contributed by atoms with van der Waals surface area (Å²) in [5.41, 5.74) is 0.942. The van der Waals surface area contributed by atoms with E-state index in [0.717, 1.165) is 12.1 Å². The number of nitrogens with zero attached hydrogens (tertiary/aromatic N) is 2. The SMILES string of the molecule is [CH2]C(C)Cc1ccc(Cl)nn1. The molecule has 0 N–H and O–H groups in total. The Hall–Kier alpha value is -0.630. The van der Waals surface area contributed by atoms with Crippen LogP contribution >= 0.6 is 11.6 Å². The molecule has 59 valence electrons. The number of hydrogen-bond acceptors (Lipinski definition) is 2. The average molecular weight is 170 g/mol. The number of halogens is 1. The highest BCUT2D eigenvalue weighted by Crippen LogP contribution is 2.06. The topological polar surface area (TPSA) is 25.8 Å². The van der Waals surface area contributed by atoms with Crippen molar-refractivity contribution < 1.29 is 0 Å². The standard InChI is InChI=1S/C8H10ClN2/c1-6(2)5-7-3-4-8(9)11-10-7/h3-4,6H,1,5H2,2H3. The average Bonchev–Trinajstić information content (AvgIpc) is 1.93. The van der Waals surface area contributed by atoms with Crippen LogP contribution in [0.1, 0.15) is 12.6 Å². The predicted molar refractivity (Wildman–Crippen MR) is 45.3 cm³/mol. The molecule has 1 heterocycles. The molecular weight excluding hydrogens is 160 g/mol. The van der Waals surface area contributed by atoms with Crippen molar-refractivity contribution in [2.45, 2.75) is 13.3 Å². The van der Waals surface area contributed by atoms with Gasteiger partial charge in [0.1, 0.15) is 0 Å². The van der Waals surface area contributed by atoms with Gasteiger partial charge >= 0.3 is 0 Å². The normalized spacial score (nSPS) is 10.5. The van der Waals surface area contributed by atoms with E-state index in [1.165, 1.54) is 0 Å². The molecule has 0 bridgehead atoms. The lowest BCUT2D eigenvalue weighted by Gasteiger charge is -2.01. The van der Waals surface area contributed by atoms with Crippen LogP contribution in [-0.4, -0.2) is 10.2 Å². The first-order valence-electron chi connectivity index (χ1n) is 3.49. The van der Waals surface area contributed by atoms with E-state index in [1.54, 1.807) is 6.07 Å².